The van der Waals surface area contributed by atoms with E-state index in [1.807, 2.05) is 35.2 Å². The molecule has 2 rings (SSSR count). The quantitative estimate of drug-likeness (QED) is 0.873. The maximum Gasteiger partial charge on any atom is 0.323 e. The van der Waals surface area contributed by atoms with E-state index in [9.17, 15) is 15.0 Å². The second-order valence-electron chi connectivity index (χ2n) is 5.41. The normalized spacial score (nSPS) is 26.0. The highest BCUT2D eigenvalue weighted by Crippen LogP contribution is 2.30. The highest BCUT2D eigenvalue weighted by Gasteiger charge is 2.41. The highest BCUT2D eigenvalue weighted by molar-refractivity contribution is 5.78. The van der Waals surface area contributed by atoms with Crippen molar-refractivity contribution in [3.8, 4) is 0 Å². The molecule has 0 aliphatic carbocycles. The van der Waals surface area contributed by atoms with Crippen LogP contribution in [0.15, 0.2) is 30.3 Å². The predicted octanol–water partition coefficient (Wildman–Crippen LogP) is 2.05. The number of hydrogen-bond donors (Lipinski definition) is 2. The number of piperidine rings is 1. The summed E-state index contributed by atoms with van der Waals surface area (Å²) in [6.45, 7) is 2.85. The average Bonchev–Trinajstić information content (AvgIpc) is 2.42. The molecule has 2 N–H and O–H groups in total. The van der Waals surface area contributed by atoms with Gasteiger partial charge in [-0.2, -0.15) is 0 Å². The van der Waals surface area contributed by atoms with Gasteiger partial charge >= 0.3 is 5.97 Å². The van der Waals surface area contributed by atoms with Crippen LogP contribution in [0.3, 0.4) is 0 Å². The van der Waals surface area contributed by atoms with Gasteiger partial charge in [-0.05, 0) is 38.3 Å². The molecule has 1 aliphatic heterocycles. The number of β-amino-alcohol motifs (C(OH)–C–C–N with tert-alkyl or cyclic N) is 1. The fraction of sp³-hybridized carbons (Fsp3) is 0.533. The summed E-state index contributed by atoms with van der Waals surface area (Å²) in [6, 6.07) is 9.40. The number of aliphatic carboxylic acids is 1. The summed E-state index contributed by atoms with van der Waals surface area (Å²) in [5, 5.41) is 19.7. The van der Waals surface area contributed by atoms with E-state index in [1.165, 1.54) is 0 Å². The second kappa shape index (κ2) is 5.72. The summed E-state index contributed by atoms with van der Waals surface area (Å²) in [7, 11) is 0. The zero-order valence-electron chi connectivity index (χ0n) is 11.2. The molecular formula is C15H21NO3. The van der Waals surface area contributed by atoms with Crippen LogP contribution in [-0.2, 0) is 4.79 Å². The Morgan fingerprint density at radius 1 is 1.37 bits per heavy atom. The minimum atomic E-state index is -0.853. The van der Waals surface area contributed by atoms with Gasteiger partial charge < -0.3 is 10.2 Å². The Bertz CT molecular complexity index is 434. The van der Waals surface area contributed by atoms with Crippen LogP contribution in [0.4, 0.5) is 0 Å². The summed E-state index contributed by atoms with van der Waals surface area (Å²) < 4.78 is 0. The monoisotopic (exact) mass is 263 g/mol. The number of carboxylic acid groups (broad SMARTS) is 1. The van der Waals surface area contributed by atoms with E-state index in [1.54, 1.807) is 6.92 Å². The minimum absolute atomic E-state index is 0.368. The van der Waals surface area contributed by atoms with Gasteiger partial charge in [0.05, 0.1) is 6.10 Å². The number of hydrogen-bond acceptors (Lipinski definition) is 3. The molecular weight excluding hydrogens is 242 g/mol. The van der Waals surface area contributed by atoms with Crippen molar-refractivity contribution in [2.45, 2.75) is 37.8 Å². The molecule has 2 atom stereocenters. The summed E-state index contributed by atoms with van der Waals surface area (Å²) in [4.78, 5) is 13.4. The van der Waals surface area contributed by atoms with Crippen molar-refractivity contribution >= 4 is 5.97 Å². The topological polar surface area (TPSA) is 60.8 Å². The molecule has 0 amide bonds. The molecule has 1 saturated heterocycles. The first kappa shape index (κ1) is 14.0. The summed E-state index contributed by atoms with van der Waals surface area (Å²) >= 11 is 0. The molecule has 0 saturated carbocycles. The summed E-state index contributed by atoms with van der Waals surface area (Å²) in [5.74, 6) is -0.799. The maximum atomic E-state index is 11.5. The third kappa shape index (κ3) is 2.96. The second-order valence-corrected chi connectivity index (χ2v) is 5.41. The number of aliphatic hydroxyl groups excluding tert-OH is 1. The molecule has 1 fully saturated rings. The molecule has 4 heteroatoms. The standard InChI is InChI=1S/C15H21NO3/c1-15(14(18)19)9-5-6-10-16(15)11-13(17)12-7-3-2-4-8-12/h2-4,7-8,13,17H,5-6,9-11H2,1H3,(H,18,19). The molecule has 0 bridgehead atoms. The third-order valence-corrected chi connectivity index (χ3v) is 4.08. The third-order valence-electron chi connectivity index (χ3n) is 4.08. The first-order valence-electron chi connectivity index (χ1n) is 6.75. The van der Waals surface area contributed by atoms with Crippen LogP contribution in [0.25, 0.3) is 0 Å². The number of likely N-dealkylation sites (tertiary alicyclic amines) is 1. The Morgan fingerprint density at radius 2 is 2.05 bits per heavy atom. The lowest BCUT2D eigenvalue weighted by Gasteiger charge is -2.42. The Labute approximate surface area is 113 Å². The molecule has 0 aromatic heterocycles. The molecule has 1 heterocycles. The first-order valence-corrected chi connectivity index (χ1v) is 6.75. The van der Waals surface area contributed by atoms with Crippen molar-refractivity contribution in [3.05, 3.63) is 35.9 Å². The first-order chi connectivity index (χ1) is 9.04. The Morgan fingerprint density at radius 3 is 2.68 bits per heavy atom. The minimum Gasteiger partial charge on any atom is -0.480 e. The summed E-state index contributed by atoms with van der Waals surface area (Å²) in [5.41, 5.74) is -0.0191. The van der Waals surface area contributed by atoms with Gasteiger partial charge in [-0.3, -0.25) is 9.69 Å². The van der Waals surface area contributed by atoms with Crippen LogP contribution in [0, 0.1) is 0 Å². The number of nitrogens with zero attached hydrogens (tertiary/aromatic N) is 1. The average molecular weight is 263 g/mol. The van der Waals surface area contributed by atoms with E-state index in [0.29, 0.717) is 13.0 Å². The smallest absolute Gasteiger partial charge is 0.323 e. The van der Waals surface area contributed by atoms with Crippen LogP contribution in [0.5, 0.6) is 0 Å². The van der Waals surface area contributed by atoms with Crippen LogP contribution in [0.1, 0.15) is 37.9 Å². The molecule has 1 aromatic rings. The summed E-state index contributed by atoms with van der Waals surface area (Å²) in [6.07, 6.45) is 1.92. The van der Waals surface area contributed by atoms with Crippen molar-refractivity contribution < 1.29 is 15.0 Å². The Hall–Kier alpha value is -1.39. The predicted molar refractivity (Wildman–Crippen MR) is 72.9 cm³/mol. The van der Waals surface area contributed by atoms with Crippen LogP contribution < -0.4 is 0 Å². The Balaban J connectivity index is 2.10. The lowest BCUT2D eigenvalue weighted by molar-refractivity contribution is -0.154. The molecule has 0 spiro atoms. The van der Waals surface area contributed by atoms with Crippen molar-refractivity contribution in [3.63, 3.8) is 0 Å². The molecule has 19 heavy (non-hydrogen) atoms. The number of rotatable bonds is 4. The fourth-order valence-electron chi connectivity index (χ4n) is 2.70. The molecule has 1 aliphatic rings. The van der Waals surface area contributed by atoms with Crippen LogP contribution in [0.2, 0.25) is 0 Å². The number of carbonyl (C=O) groups is 1. The van der Waals surface area contributed by atoms with E-state index < -0.39 is 17.6 Å². The van der Waals surface area contributed by atoms with E-state index in [-0.39, 0.29) is 0 Å². The van der Waals surface area contributed by atoms with Gasteiger partial charge in [0.1, 0.15) is 5.54 Å². The molecule has 104 valence electrons. The van der Waals surface area contributed by atoms with Crippen LogP contribution in [-0.4, -0.2) is 39.7 Å². The highest BCUT2D eigenvalue weighted by atomic mass is 16.4. The van der Waals surface area contributed by atoms with Crippen LogP contribution >= 0.6 is 0 Å². The largest absolute Gasteiger partial charge is 0.480 e. The van der Waals surface area contributed by atoms with Crippen molar-refractivity contribution in [2.75, 3.05) is 13.1 Å². The fourth-order valence-corrected chi connectivity index (χ4v) is 2.70. The van der Waals surface area contributed by atoms with E-state index >= 15 is 0 Å². The SMILES string of the molecule is CC1(C(=O)O)CCCCN1CC(O)c1ccccc1. The van der Waals surface area contributed by atoms with Gasteiger partial charge in [-0.25, -0.2) is 0 Å². The maximum absolute atomic E-state index is 11.5. The van der Waals surface area contributed by atoms with E-state index in [2.05, 4.69) is 0 Å². The zero-order valence-corrected chi connectivity index (χ0v) is 11.2. The molecule has 0 radical (unpaired) electrons. The van der Waals surface area contributed by atoms with E-state index in [0.717, 1.165) is 24.9 Å². The molecule has 2 unspecified atom stereocenters. The van der Waals surface area contributed by atoms with Gasteiger partial charge in [-0.15, -0.1) is 0 Å². The Kier molecular flexibility index (Phi) is 4.22. The lowest BCUT2D eigenvalue weighted by Crippen LogP contribution is -2.56. The van der Waals surface area contributed by atoms with Gasteiger partial charge in [0.25, 0.3) is 0 Å². The van der Waals surface area contributed by atoms with E-state index in [4.69, 9.17) is 0 Å². The number of carboxylic acids is 1. The number of aliphatic hydroxyl groups is 1. The van der Waals surface area contributed by atoms with Crippen molar-refractivity contribution in [1.29, 1.82) is 0 Å². The van der Waals surface area contributed by atoms with Gasteiger partial charge in [0, 0.05) is 6.54 Å². The van der Waals surface area contributed by atoms with Crippen molar-refractivity contribution in [2.24, 2.45) is 0 Å². The van der Waals surface area contributed by atoms with Crippen molar-refractivity contribution in [1.82, 2.24) is 4.90 Å². The lowest BCUT2D eigenvalue weighted by atomic mass is 9.88. The van der Waals surface area contributed by atoms with Gasteiger partial charge in [-0.1, -0.05) is 30.3 Å². The van der Waals surface area contributed by atoms with Gasteiger partial charge in [0.2, 0.25) is 0 Å². The molecule has 1 aromatic carbocycles. The number of benzene rings is 1. The molecule has 4 nitrogen and oxygen atoms in total. The van der Waals surface area contributed by atoms with Gasteiger partial charge in [0.15, 0.2) is 0 Å². The zero-order chi connectivity index (χ0) is 13.9.